The third kappa shape index (κ3) is 5.34. The molecule has 1 aliphatic carbocycles. The number of anilines is 1. The van der Waals surface area contributed by atoms with Gasteiger partial charge in [-0.25, -0.2) is 4.98 Å². The van der Waals surface area contributed by atoms with Gasteiger partial charge in [0.05, 0.1) is 0 Å². The Morgan fingerprint density at radius 2 is 2.19 bits per heavy atom. The first kappa shape index (κ1) is 15.8. The SMILES string of the molecule is COCCCNC(=O)c1ccnc(NC2CCCCC2)c1. The lowest BCUT2D eigenvalue weighted by Gasteiger charge is -2.23. The number of ether oxygens (including phenoxy) is 1. The number of amides is 1. The second kappa shape index (κ2) is 8.62. The molecule has 2 rings (SSSR count). The minimum absolute atomic E-state index is 0.0554. The standard InChI is InChI=1S/C16H25N3O2/c1-21-11-5-9-18-16(20)13-8-10-17-15(12-13)19-14-6-3-2-4-7-14/h8,10,12,14H,2-7,9,11H2,1H3,(H,17,19)(H,18,20). The van der Waals surface area contributed by atoms with Crippen LogP contribution in [0.5, 0.6) is 0 Å². The van der Waals surface area contributed by atoms with E-state index < -0.39 is 0 Å². The van der Waals surface area contributed by atoms with Crippen LogP contribution in [0.1, 0.15) is 48.9 Å². The van der Waals surface area contributed by atoms with Crippen LogP contribution in [0.15, 0.2) is 18.3 Å². The topological polar surface area (TPSA) is 63.2 Å². The highest BCUT2D eigenvalue weighted by Crippen LogP contribution is 2.21. The fraction of sp³-hybridized carbons (Fsp3) is 0.625. The normalized spacial score (nSPS) is 15.7. The lowest BCUT2D eigenvalue weighted by Crippen LogP contribution is -2.26. The maximum Gasteiger partial charge on any atom is 0.251 e. The van der Waals surface area contributed by atoms with Gasteiger partial charge in [0.15, 0.2) is 0 Å². The predicted molar refractivity (Wildman–Crippen MR) is 83.6 cm³/mol. The number of carbonyl (C=O) groups excluding carboxylic acids is 1. The Balaban J connectivity index is 1.85. The summed E-state index contributed by atoms with van der Waals surface area (Å²) in [5.74, 6) is 0.742. The predicted octanol–water partition coefficient (Wildman–Crippen LogP) is 2.59. The number of carbonyl (C=O) groups is 1. The summed E-state index contributed by atoms with van der Waals surface area (Å²) in [5, 5.41) is 6.33. The van der Waals surface area contributed by atoms with Gasteiger partial charge < -0.3 is 15.4 Å². The van der Waals surface area contributed by atoms with Gasteiger partial charge in [-0.3, -0.25) is 4.79 Å². The lowest BCUT2D eigenvalue weighted by atomic mass is 9.95. The number of pyridine rings is 1. The summed E-state index contributed by atoms with van der Waals surface area (Å²) in [6.45, 7) is 1.28. The number of aromatic nitrogens is 1. The van der Waals surface area contributed by atoms with Gasteiger partial charge in [-0.15, -0.1) is 0 Å². The zero-order valence-corrected chi connectivity index (χ0v) is 12.7. The van der Waals surface area contributed by atoms with E-state index in [4.69, 9.17) is 4.74 Å². The molecule has 0 aliphatic heterocycles. The van der Waals surface area contributed by atoms with E-state index in [1.807, 2.05) is 6.07 Å². The van der Waals surface area contributed by atoms with Crippen LogP contribution in [0.2, 0.25) is 0 Å². The van der Waals surface area contributed by atoms with Gasteiger partial charge in [0, 0.05) is 38.1 Å². The molecule has 5 nitrogen and oxygen atoms in total. The Labute approximate surface area is 126 Å². The molecule has 5 heteroatoms. The molecule has 1 amide bonds. The van der Waals surface area contributed by atoms with E-state index in [9.17, 15) is 4.79 Å². The molecule has 21 heavy (non-hydrogen) atoms. The van der Waals surface area contributed by atoms with Crippen LogP contribution in [0, 0.1) is 0 Å². The second-order valence-corrected chi connectivity index (χ2v) is 5.51. The Morgan fingerprint density at radius 3 is 2.95 bits per heavy atom. The molecular formula is C16H25N3O2. The molecular weight excluding hydrogens is 266 g/mol. The van der Waals surface area contributed by atoms with Crippen molar-refractivity contribution < 1.29 is 9.53 Å². The molecule has 0 radical (unpaired) electrons. The first-order chi connectivity index (χ1) is 10.3. The molecule has 0 spiro atoms. The van der Waals surface area contributed by atoms with Crippen LogP contribution in [0.4, 0.5) is 5.82 Å². The maximum atomic E-state index is 12.0. The minimum Gasteiger partial charge on any atom is -0.385 e. The summed E-state index contributed by atoms with van der Waals surface area (Å²) < 4.78 is 4.96. The van der Waals surface area contributed by atoms with Gasteiger partial charge in [-0.05, 0) is 31.4 Å². The third-order valence-electron chi connectivity index (χ3n) is 3.79. The van der Waals surface area contributed by atoms with Crippen LogP contribution >= 0.6 is 0 Å². The number of rotatable bonds is 7. The smallest absolute Gasteiger partial charge is 0.251 e. The zero-order valence-electron chi connectivity index (χ0n) is 12.7. The lowest BCUT2D eigenvalue weighted by molar-refractivity contribution is 0.0948. The minimum atomic E-state index is -0.0554. The van der Waals surface area contributed by atoms with Gasteiger partial charge in [0.2, 0.25) is 0 Å². The summed E-state index contributed by atoms with van der Waals surface area (Å²) in [6.07, 6.45) is 8.77. The average molecular weight is 291 g/mol. The van der Waals surface area contributed by atoms with Crippen molar-refractivity contribution >= 4 is 11.7 Å². The Kier molecular flexibility index (Phi) is 6.47. The molecule has 116 valence electrons. The van der Waals surface area contributed by atoms with Crippen molar-refractivity contribution in [1.29, 1.82) is 0 Å². The van der Waals surface area contributed by atoms with E-state index >= 15 is 0 Å². The molecule has 0 saturated heterocycles. The molecule has 1 heterocycles. The summed E-state index contributed by atoms with van der Waals surface area (Å²) in [5.41, 5.74) is 0.653. The van der Waals surface area contributed by atoms with Crippen LogP contribution < -0.4 is 10.6 Å². The first-order valence-electron chi connectivity index (χ1n) is 7.79. The molecule has 2 N–H and O–H groups in total. The summed E-state index contributed by atoms with van der Waals surface area (Å²) in [6, 6.07) is 4.07. The zero-order chi connectivity index (χ0) is 14.9. The van der Waals surface area contributed by atoms with Crippen molar-refractivity contribution in [3.8, 4) is 0 Å². The van der Waals surface area contributed by atoms with Crippen molar-refractivity contribution in [2.45, 2.75) is 44.6 Å². The van der Waals surface area contributed by atoms with Crippen molar-refractivity contribution in [3.05, 3.63) is 23.9 Å². The van der Waals surface area contributed by atoms with Crippen molar-refractivity contribution in [3.63, 3.8) is 0 Å². The highest BCUT2D eigenvalue weighted by molar-refractivity contribution is 5.94. The largest absolute Gasteiger partial charge is 0.385 e. The molecule has 0 bridgehead atoms. The highest BCUT2D eigenvalue weighted by Gasteiger charge is 2.14. The molecule has 0 unspecified atom stereocenters. The van der Waals surface area contributed by atoms with Crippen molar-refractivity contribution in [1.82, 2.24) is 10.3 Å². The van der Waals surface area contributed by atoms with Gasteiger partial charge >= 0.3 is 0 Å². The molecule has 0 atom stereocenters. The summed E-state index contributed by atoms with van der Waals surface area (Å²) in [7, 11) is 1.66. The Hall–Kier alpha value is -1.62. The van der Waals surface area contributed by atoms with E-state index in [0.717, 1.165) is 12.2 Å². The molecule has 1 fully saturated rings. The van der Waals surface area contributed by atoms with Crippen LogP contribution in [-0.4, -0.2) is 37.2 Å². The molecule has 1 aromatic rings. The Morgan fingerprint density at radius 1 is 1.38 bits per heavy atom. The second-order valence-electron chi connectivity index (χ2n) is 5.51. The van der Waals surface area contributed by atoms with Crippen molar-refractivity contribution in [2.75, 3.05) is 25.6 Å². The monoisotopic (exact) mass is 291 g/mol. The number of hydrogen-bond donors (Lipinski definition) is 2. The average Bonchev–Trinajstić information content (AvgIpc) is 2.53. The van der Waals surface area contributed by atoms with Gasteiger partial charge in [0.1, 0.15) is 5.82 Å². The molecule has 1 aliphatic rings. The van der Waals surface area contributed by atoms with E-state index in [0.29, 0.717) is 24.8 Å². The van der Waals surface area contributed by atoms with Crippen LogP contribution in [0.3, 0.4) is 0 Å². The molecule has 1 saturated carbocycles. The van der Waals surface area contributed by atoms with E-state index in [1.54, 1.807) is 19.4 Å². The van der Waals surface area contributed by atoms with Crippen LogP contribution in [-0.2, 0) is 4.74 Å². The number of nitrogens with one attached hydrogen (secondary N) is 2. The highest BCUT2D eigenvalue weighted by atomic mass is 16.5. The van der Waals surface area contributed by atoms with E-state index in [2.05, 4.69) is 15.6 Å². The third-order valence-corrected chi connectivity index (χ3v) is 3.79. The number of methoxy groups -OCH3 is 1. The Bertz CT molecular complexity index is 445. The molecule has 1 aromatic heterocycles. The van der Waals surface area contributed by atoms with E-state index in [1.165, 1.54) is 32.1 Å². The molecule has 0 aromatic carbocycles. The number of hydrogen-bond acceptors (Lipinski definition) is 4. The van der Waals surface area contributed by atoms with E-state index in [-0.39, 0.29) is 5.91 Å². The quantitative estimate of drug-likeness (QED) is 0.758. The summed E-state index contributed by atoms with van der Waals surface area (Å²) >= 11 is 0. The fourth-order valence-corrected chi connectivity index (χ4v) is 2.63. The van der Waals surface area contributed by atoms with Crippen molar-refractivity contribution in [2.24, 2.45) is 0 Å². The summed E-state index contributed by atoms with van der Waals surface area (Å²) in [4.78, 5) is 16.4. The van der Waals surface area contributed by atoms with Gasteiger partial charge in [0.25, 0.3) is 5.91 Å². The first-order valence-corrected chi connectivity index (χ1v) is 7.79. The fourth-order valence-electron chi connectivity index (χ4n) is 2.63. The number of nitrogens with zero attached hydrogens (tertiary/aromatic N) is 1. The maximum absolute atomic E-state index is 12.0. The van der Waals surface area contributed by atoms with Gasteiger partial charge in [-0.2, -0.15) is 0 Å². The van der Waals surface area contributed by atoms with Crippen LogP contribution in [0.25, 0.3) is 0 Å². The van der Waals surface area contributed by atoms with Gasteiger partial charge in [-0.1, -0.05) is 19.3 Å².